The monoisotopic (exact) mass is 361 g/mol. The smallest absolute Gasteiger partial charge is 0.332 e. The molecule has 1 aliphatic rings. The number of aryl methyl sites for hydroxylation is 1. The summed E-state index contributed by atoms with van der Waals surface area (Å²) in [4.78, 5) is 41.5. The number of imidazole rings is 1. The molecule has 10 nitrogen and oxygen atoms in total. The van der Waals surface area contributed by atoms with Crippen LogP contribution in [0.4, 0.5) is 5.95 Å². The molecule has 0 aliphatic carbocycles. The Hall–Kier alpha value is -2.91. The Bertz CT molecular complexity index is 1030. The highest BCUT2D eigenvalue weighted by molar-refractivity contribution is 5.92. The number of fused-ring (bicyclic) bond motifs is 3. The van der Waals surface area contributed by atoms with Gasteiger partial charge in [0.15, 0.2) is 11.2 Å². The molecule has 0 saturated heterocycles. The molecule has 2 aromatic heterocycles. The Labute approximate surface area is 149 Å². The van der Waals surface area contributed by atoms with Crippen LogP contribution in [0, 0.1) is 0 Å². The predicted molar refractivity (Wildman–Crippen MR) is 98.5 cm³/mol. The Morgan fingerprint density at radius 1 is 1.31 bits per heavy atom. The van der Waals surface area contributed by atoms with Gasteiger partial charge in [0, 0.05) is 13.6 Å². The number of rotatable bonds is 5. The van der Waals surface area contributed by atoms with Crippen molar-refractivity contribution in [2.75, 3.05) is 11.6 Å². The first-order valence-electron chi connectivity index (χ1n) is 8.60. The molecule has 26 heavy (non-hydrogen) atoms. The zero-order chi connectivity index (χ0) is 19.2. The summed E-state index contributed by atoms with van der Waals surface area (Å²) >= 11 is 0. The third-order valence-corrected chi connectivity index (χ3v) is 4.70. The lowest BCUT2D eigenvalue weighted by molar-refractivity contribution is -0.116. The molecule has 0 fully saturated rings. The minimum absolute atomic E-state index is 0.161. The van der Waals surface area contributed by atoms with E-state index in [1.165, 1.54) is 14.1 Å². The van der Waals surface area contributed by atoms with Gasteiger partial charge in [0.25, 0.3) is 5.56 Å². The molecular weight excluding hydrogens is 338 g/mol. The Morgan fingerprint density at radius 2 is 2.00 bits per heavy atom. The summed E-state index contributed by atoms with van der Waals surface area (Å²) in [6, 6.07) is -0.232. The van der Waals surface area contributed by atoms with Crippen molar-refractivity contribution in [1.29, 1.82) is 0 Å². The molecule has 2 N–H and O–H groups in total. The summed E-state index contributed by atoms with van der Waals surface area (Å²) in [6.07, 6.45) is 1.60. The highest BCUT2D eigenvalue weighted by atomic mass is 16.2. The summed E-state index contributed by atoms with van der Waals surface area (Å²) in [6.45, 7) is 5.89. The number of aromatic nitrogens is 4. The van der Waals surface area contributed by atoms with Gasteiger partial charge in [0.2, 0.25) is 11.9 Å². The van der Waals surface area contributed by atoms with Crippen molar-refractivity contribution >= 4 is 28.7 Å². The number of hydrazone groups is 1. The Kier molecular flexibility index (Phi) is 4.43. The SMILES string of the molecule is CCCCn1c(=O)c2c(nc3n2C(C)C(C)=NN3CC(N)=O)n(C)c1=O. The topological polar surface area (TPSA) is 121 Å². The van der Waals surface area contributed by atoms with Crippen LogP contribution >= 0.6 is 0 Å². The van der Waals surface area contributed by atoms with E-state index in [1.54, 1.807) is 11.6 Å². The number of nitrogens with zero attached hydrogens (tertiary/aromatic N) is 6. The molecule has 3 heterocycles. The first-order chi connectivity index (χ1) is 12.3. The summed E-state index contributed by atoms with van der Waals surface area (Å²) in [7, 11) is 1.59. The fourth-order valence-electron chi connectivity index (χ4n) is 3.15. The van der Waals surface area contributed by atoms with Crippen LogP contribution in [-0.2, 0) is 18.4 Å². The maximum absolute atomic E-state index is 13.1. The van der Waals surface area contributed by atoms with E-state index in [0.29, 0.717) is 23.7 Å². The fraction of sp³-hybridized carbons (Fsp3) is 0.562. The number of hydrogen-bond acceptors (Lipinski definition) is 6. The van der Waals surface area contributed by atoms with Gasteiger partial charge >= 0.3 is 5.69 Å². The van der Waals surface area contributed by atoms with Gasteiger partial charge < -0.3 is 5.73 Å². The van der Waals surface area contributed by atoms with Crippen LogP contribution in [0.3, 0.4) is 0 Å². The minimum atomic E-state index is -0.566. The first kappa shape index (κ1) is 17.9. The standard InChI is InChI=1S/C16H23N7O3/c1-5-6-7-21-14(25)12-13(20(4)16(21)26)18-15-22(8-11(17)24)19-9(2)10(3)23(12)15/h10H,5-8H2,1-4H3,(H2,17,24). The molecule has 0 saturated carbocycles. The lowest BCUT2D eigenvalue weighted by atomic mass is 10.2. The van der Waals surface area contributed by atoms with Crippen molar-refractivity contribution in [2.45, 2.75) is 46.2 Å². The molecule has 10 heteroatoms. The molecule has 140 valence electrons. The third kappa shape index (κ3) is 2.61. The molecule has 2 aromatic rings. The molecule has 0 radical (unpaired) electrons. The van der Waals surface area contributed by atoms with Crippen LogP contribution in [0.5, 0.6) is 0 Å². The van der Waals surface area contributed by atoms with E-state index in [-0.39, 0.29) is 23.8 Å². The van der Waals surface area contributed by atoms with Crippen LogP contribution in [0.15, 0.2) is 14.7 Å². The van der Waals surface area contributed by atoms with E-state index < -0.39 is 11.6 Å². The highest BCUT2D eigenvalue weighted by Gasteiger charge is 2.31. The minimum Gasteiger partial charge on any atom is -0.368 e. The second-order valence-corrected chi connectivity index (χ2v) is 6.55. The number of nitrogens with two attached hydrogens (primary N) is 1. The van der Waals surface area contributed by atoms with Crippen molar-refractivity contribution in [1.82, 2.24) is 18.7 Å². The van der Waals surface area contributed by atoms with E-state index in [9.17, 15) is 14.4 Å². The maximum Gasteiger partial charge on any atom is 0.332 e. The van der Waals surface area contributed by atoms with Crippen molar-refractivity contribution in [3.05, 3.63) is 20.8 Å². The first-order valence-corrected chi connectivity index (χ1v) is 8.60. The van der Waals surface area contributed by atoms with Crippen LogP contribution < -0.4 is 22.0 Å². The number of primary amides is 1. The molecule has 1 aliphatic heterocycles. The number of unbranched alkanes of at least 4 members (excludes halogenated alkanes) is 1. The number of hydrogen-bond donors (Lipinski definition) is 1. The van der Waals surface area contributed by atoms with Crippen molar-refractivity contribution in [3.63, 3.8) is 0 Å². The summed E-state index contributed by atoms with van der Waals surface area (Å²) in [5, 5.41) is 5.74. The van der Waals surface area contributed by atoms with Gasteiger partial charge in [-0.1, -0.05) is 13.3 Å². The molecule has 1 amide bonds. The van der Waals surface area contributed by atoms with Crippen LogP contribution in [-0.4, -0.2) is 36.8 Å². The molecule has 0 spiro atoms. The lowest BCUT2D eigenvalue weighted by Crippen LogP contribution is -2.41. The molecule has 1 unspecified atom stereocenters. The van der Waals surface area contributed by atoms with Gasteiger partial charge in [0.05, 0.1) is 11.8 Å². The van der Waals surface area contributed by atoms with E-state index in [4.69, 9.17) is 5.73 Å². The summed E-state index contributed by atoms with van der Waals surface area (Å²) in [5.74, 6) is -0.235. The van der Waals surface area contributed by atoms with Gasteiger partial charge in [-0.15, -0.1) is 0 Å². The van der Waals surface area contributed by atoms with E-state index in [0.717, 1.165) is 12.8 Å². The second kappa shape index (κ2) is 6.43. The average Bonchev–Trinajstić information content (AvgIpc) is 2.98. The van der Waals surface area contributed by atoms with Gasteiger partial charge in [-0.05, 0) is 20.3 Å². The summed E-state index contributed by atoms with van der Waals surface area (Å²) < 4.78 is 4.33. The molecule has 0 aromatic carbocycles. The zero-order valence-corrected chi connectivity index (χ0v) is 15.4. The van der Waals surface area contributed by atoms with Crippen LogP contribution in [0.25, 0.3) is 11.2 Å². The number of anilines is 1. The zero-order valence-electron chi connectivity index (χ0n) is 15.4. The molecular formula is C16H23N7O3. The normalized spacial score (nSPS) is 16.7. The van der Waals surface area contributed by atoms with Gasteiger partial charge in [-0.3, -0.25) is 23.3 Å². The van der Waals surface area contributed by atoms with Crippen molar-refractivity contribution in [2.24, 2.45) is 17.9 Å². The quantitative estimate of drug-likeness (QED) is 0.800. The summed E-state index contributed by atoms with van der Waals surface area (Å²) in [5.41, 5.74) is 5.84. The van der Waals surface area contributed by atoms with Gasteiger partial charge in [-0.25, -0.2) is 9.80 Å². The van der Waals surface area contributed by atoms with E-state index in [1.807, 2.05) is 20.8 Å². The van der Waals surface area contributed by atoms with Crippen LogP contribution in [0.1, 0.15) is 39.7 Å². The van der Waals surface area contributed by atoms with Gasteiger partial charge in [-0.2, -0.15) is 10.1 Å². The van der Waals surface area contributed by atoms with Crippen molar-refractivity contribution < 1.29 is 4.79 Å². The fourth-order valence-corrected chi connectivity index (χ4v) is 3.15. The molecule has 3 rings (SSSR count). The number of carbonyl (C=O) groups excluding carboxylic acids is 1. The lowest BCUT2D eigenvalue weighted by Gasteiger charge is -2.28. The molecule has 1 atom stereocenters. The maximum atomic E-state index is 13.1. The number of amides is 1. The highest BCUT2D eigenvalue weighted by Crippen LogP contribution is 2.29. The van der Waals surface area contributed by atoms with Gasteiger partial charge in [0.1, 0.15) is 6.54 Å². The van der Waals surface area contributed by atoms with Crippen LogP contribution in [0.2, 0.25) is 0 Å². The van der Waals surface area contributed by atoms with E-state index >= 15 is 0 Å². The predicted octanol–water partition coefficient (Wildman–Crippen LogP) is -0.0610. The second-order valence-electron chi connectivity index (χ2n) is 6.55. The van der Waals surface area contributed by atoms with E-state index in [2.05, 4.69) is 10.1 Å². The van der Waals surface area contributed by atoms with Crippen molar-refractivity contribution in [3.8, 4) is 0 Å². The molecule has 0 bridgehead atoms. The third-order valence-electron chi connectivity index (χ3n) is 4.70. The average molecular weight is 361 g/mol. The Morgan fingerprint density at radius 3 is 2.62 bits per heavy atom. The number of carbonyl (C=O) groups is 1. The Balaban J connectivity index is 2.34. The largest absolute Gasteiger partial charge is 0.368 e.